The maximum atomic E-state index is 13.3. The number of piperazine rings is 1. The SMILES string of the molecule is CC(C)OP(=O)(N(C)C)N1CCN(C(=O)C(C)(C)OCCC(C)(C)O)CC1. The van der Waals surface area contributed by atoms with Gasteiger partial charge >= 0.3 is 7.67 Å². The Balaban J connectivity index is 2.67. The quantitative estimate of drug-likeness (QED) is 0.587. The molecule has 0 bridgehead atoms. The van der Waals surface area contributed by atoms with Gasteiger partial charge < -0.3 is 19.3 Å². The molecule has 160 valence electrons. The Morgan fingerprint density at radius 1 is 1.15 bits per heavy atom. The van der Waals surface area contributed by atoms with Crippen molar-refractivity contribution in [2.45, 2.75) is 65.3 Å². The standard InChI is InChI=1S/C18H38N3O5P/c1-15(2)26-27(24,19(7)8)21-12-10-20(11-13-21)16(22)18(5,6)25-14-9-17(3,4)23/h15,23H,9-14H2,1-8H3. The van der Waals surface area contributed by atoms with Crippen molar-refractivity contribution in [3.8, 4) is 0 Å². The maximum absolute atomic E-state index is 13.3. The molecule has 0 spiro atoms. The van der Waals surface area contributed by atoms with Gasteiger partial charge in [-0.05, 0) is 62.1 Å². The van der Waals surface area contributed by atoms with Gasteiger partial charge in [0.05, 0.1) is 18.3 Å². The summed E-state index contributed by atoms with van der Waals surface area (Å²) in [5.41, 5.74) is -1.79. The topological polar surface area (TPSA) is 82.6 Å². The van der Waals surface area contributed by atoms with Crippen LogP contribution in [0, 0.1) is 0 Å². The number of hydrogen-bond acceptors (Lipinski definition) is 5. The summed E-state index contributed by atoms with van der Waals surface area (Å²) >= 11 is 0. The van der Waals surface area contributed by atoms with Crippen molar-refractivity contribution in [2.24, 2.45) is 0 Å². The van der Waals surface area contributed by atoms with Crippen LogP contribution in [0.3, 0.4) is 0 Å². The zero-order valence-electron chi connectivity index (χ0n) is 18.2. The van der Waals surface area contributed by atoms with Crippen molar-refractivity contribution in [2.75, 3.05) is 46.9 Å². The second-order valence-corrected chi connectivity index (χ2v) is 11.2. The van der Waals surface area contributed by atoms with E-state index in [9.17, 15) is 14.5 Å². The van der Waals surface area contributed by atoms with Crippen LogP contribution in [0.1, 0.15) is 48.0 Å². The van der Waals surface area contributed by atoms with Gasteiger partial charge in [0.2, 0.25) is 0 Å². The normalized spacial score (nSPS) is 19.6. The lowest BCUT2D eigenvalue weighted by atomic mass is 10.0. The van der Waals surface area contributed by atoms with Gasteiger partial charge in [-0.25, -0.2) is 9.34 Å². The molecular formula is C18H38N3O5P. The molecule has 0 radical (unpaired) electrons. The molecule has 1 unspecified atom stereocenters. The summed E-state index contributed by atoms with van der Waals surface area (Å²) in [6.07, 6.45) is 0.303. The van der Waals surface area contributed by atoms with Crippen LogP contribution in [0.25, 0.3) is 0 Å². The Morgan fingerprint density at radius 2 is 1.67 bits per heavy atom. The first-order valence-electron chi connectivity index (χ1n) is 9.56. The average molecular weight is 407 g/mol. The zero-order chi connectivity index (χ0) is 21.0. The average Bonchev–Trinajstić information content (AvgIpc) is 2.51. The van der Waals surface area contributed by atoms with E-state index in [-0.39, 0.29) is 12.0 Å². The van der Waals surface area contributed by atoms with E-state index in [2.05, 4.69) is 0 Å². The molecule has 9 heteroatoms. The summed E-state index contributed by atoms with van der Waals surface area (Å²) in [7, 11) is 0.414. The molecule has 0 aromatic carbocycles. The van der Waals surface area contributed by atoms with Crippen LogP contribution in [0.15, 0.2) is 0 Å². The van der Waals surface area contributed by atoms with E-state index in [1.54, 1.807) is 51.4 Å². The third-order valence-corrected chi connectivity index (χ3v) is 7.27. The minimum atomic E-state index is -3.09. The summed E-state index contributed by atoms with van der Waals surface area (Å²) in [4.78, 5) is 14.6. The van der Waals surface area contributed by atoms with Crippen LogP contribution in [-0.4, -0.2) is 89.4 Å². The third-order valence-electron chi connectivity index (χ3n) is 4.45. The largest absolute Gasteiger partial charge is 0.390 e. The minimum absolute atomic E-state index is 0.0950. The summed E-state index contributed by atoms with van der Waals surface area (Å²) < 4.78 is 28.2. The maximum Gasteiger partial charge on any atom is 0.345 e. The smallest absolute Gasteiger partial charge is 0.345 e. The number of hydrogen-bond donors (Lipinski definition) is 1. The van der Waals surface area contributed by atoms with Crippen LogP contribution in [0.5, 0.6) is 0 Å². The molecule has 8 nitrogen and oxygen atoms in total. The Hall–Kier alpha value is -0.500. The highest BCUT2D eigenvalue weighted by Gasteiger charge is 2.41. The summed E-state index contributed by atoms with van der Waals surface area (Å²) in [5, 5.41) is 9.79. The Labute approximate surface area is 164 Å². The summed E-state index contributed by atoms with van der Waals surface area (Å²) in [6, 6.07) is 0. The fourth-order valence-electron chi connectivity index (χ4n) is 2.84. The van der Waals surface area contributed by atoms with Crippen LogP contribution in [0.4, 0.5) is 0 Å². The number of ether oxygens (including phenoxy) is 1. The van der Waals surface area contributed by atoms with Crippen molar-refractivity contribution < 1.29 is 23.7 Å². The van der Waals surface area contributed by atoms with Gasteiger partial charge in [0, 0.05) is 26.2 Å². The van der Waals surface area contributed by atoms with Crippen LogP contribution in [0.2, 0.25) is 0 Å². The second-order valence-electron chi connectivity index (χ2n) is 8.66. The van der Waals surface area contributed by atoms with E-state index in [1.807, 2.05) is 18.5 Å². The van der Waals surface area contributed by atoms with Gasteiger partial charge in [-0.2, -0.15) is 0 Å². The van der Waals surface area contributed by atoms with Crippen molar-refractivity contribution >= 4 is 13.6 Å². The van der Waals surface area contributed by atoms with E-state index >= 15 is 0 Å². The predicted molar refractivity (Wildman–Crippen MR) is 107 cm³/mol. The molecule has 1 heterocycles. The van der Waals surface area contributed by atoms with Gasteiger partial charge in [0.25, 0.3) is 5.91 Å². The third kappa shape index (κ3) is 7.11. The molecule has 27 heavy (non-hydrogen) atoms. The molecule has 0 aliphatic carbocycles. The number of aliphatic hydroxyl groups is 1. The van der Waals surface area contributed by atoms with Crippen molar-refractivity contribution in [1.29, 1.82) is 0 Å². The zero-order valence-corrected chi connectivity index (χ0v) is 19.1. The second kappa shape index (κ2) is 9.33. The number of rotatable bonds is 9. The van der Waals surface area contributed by atoms with Gasteiger partial charge in [-0.1, -0.05) is 0 Å². The fourth-order valence-corrected chi connectivity index (χ4v) is 4.90. The summed E-state index contributed by atoms with van der Waals surface area (Å²) in [5.74, 6) is -0.0950. The number of carbonyl (C=O) groups excluding carboxylic acids is 1. The van der Waals surface area contributed by atoms with E-state index in [0.29, 0.717) is 39.2 Å². The molecule has 1 amide bonds. The first kappa shape index (κ1) is 24.5. The lowest BCUT2D eigenvalue weighted by Gasteiger charge is -2.42. The molecule has 0 saturated carbocycles. The van der Waals surface area contributed by atoms with Gasteiger partial charge in [-0.15, -0.1) is 0 Å². The van der Waals surface area contributed by atoms with E-state index in [4.69, 9.17) is 9.26 Å². The van der Waals surface area contributed by atoms with E-state index in [1.165, 1.54) is 0 Å². The fraction of sp³-hybridized carbons (Fsp3) is 0.944. The molecular weight excluding hydrogens is 369 g/mol. The van der Waals surface area contributed by atoms with Crippen molar-refractivity contribution in [3.05, 3.63) is 0 Å². The predicted octanol–water partition coefficient (Wildman–Crippen LogP) is 2.18. The highest BCUT2D eigenvalue weighted by Crippen LogP contribution is 2.53. The monoisotopic (exact) mass is 407 g/mol. The highest BCUT2D eigenvalue weighted by molar-refractivity contribution is 7.53. The van der Waals surface area contributed by atoms with Gasteiger partial charge in [0.15, 0.2) is 0 Å². The molecule has 1 atom stereocenters. The van der Waals surface area contributed by atoms with Crippen molar-refractivity contribution in [1.82, 2.24) is 14.2 Å². The number of amides is 1. The molecule has 1 saturated heterocycles. The van der Waals surface area contributed by atoms with Crippen LogP contribution < -0.4 is 0 Å². The van der Waals surface area contributed by atoms with Gasteiger partial charge in [0.1, 0.15) is 5.60 Å². The molecule has 0 aromatic rings. The van der Waals surface area contributed by atoms with Crippen LogP contribution >= 0.6 is 7.67 Å². The first-order valence-corrected chi connectivity index (χ1v) is 11.1. The summed E-state index contributed by atoms with van der Waals surface area (Å²) in [6.45, 7) is 12.9. The first-order chi connectivity index (χ1) is 12.2. The number of nitrogens with zero attached hydrogens (tertiary/aromatic N) is 3. The molecule has 0 aromatic heterocycles. The Morgan fingerprint density at radius 3 is 2.07 bits per heavy atom. The number of carbonyl (C=O) groups is 1. The van der Waals surface area contributed by atoms with Crippen molar-refractivity contribution in [3.63, 3.8) is 0 Å². The lowest BCUT2D eigenvalue weighted by molar-refractivity contribution is -0.157. The van der Waals surface area contributed by atoms with E-state index < -0.39 is 18.9 Å². The Kier molecular flexibility index (Phi) is 8.48. The Bertz CT molecular complexity index is 538. The lowest BCUT2D eigenvalue weighted by Crippen LogP contribution is -2.54. The molecule has 1 N–H and O–H groups in total. The molecule has 1 aliphatic rings. The van der Waals surface area contributed by atoms with Crippen LogP contribution in [-0.2, 0) is 18.6 Å². The molecule has 1 aliphatic heterocycles. The van der Waals surface area contributed by atoms with Gasteiger partial charge in [-0.3, -0.25) is 9.36 Å². The molecule has 1 fully saturated rings. The highest BCUT2D eigenvalue weighted by atomic mass is 31.2. The minimum Gasteiger partial charge on any atom is -0.390 e. The molecule has 1 rings (SSSR count). The van der Waals surface area contributed by atoms with E-state index in [0.717, 1.165) is 0 Å².